The third-order valence-electron chi connectivity index (χ3n) is 2.73. The number of aliphatic hydroxyl groups excluding tert-OH is 1. The van der Waals surface area contributed by atoms with Crippen LogP contribution in [0.1, 0.15) is 32.4 Å². The molecular weight excluding hydrogens is 311 g/mol. The Labute approximate surface area is 136 Å². The molecule has 0 heterocycles. The molecule has 1 unspecified atom stereocenters. The molecule has 0 aromatic heterocycles. The largest absolute Gasteiger partial charge is 0.387 e. The van der Waals surface area contributed by atoms with Gasteiger partial charge in [0.25, 0.3) is 0 Å². The lowest BCUT2D eigenvalue weighted by Gasteiger charge is -2.24. The summed E-state index contributed by atoms with van der Waals surface area (Å²) in [5.41, 5.74) is 0.333. The van der Waals surface area contributed by atoms with Crippen LogP contribution in [0.4, 0.5) is 0 Å². The van der Waals surface area contributed by atoms with Crippen molar-refractivity contribution in [3.63, 3.8) is 0 Å². The van der Waals surface area contributed by atoms with Gasteiger partial charge in [0, 0.05) is 27.7 Å². The minimum absolute atomic E-state index is 0.0839. The summed E-state index contributed by atoms with van der Waals surface area (Å²) >= 11 is 11.9. The zero-order chi connectivity index (χ0) is 16.2. The van der Waals surface area contributed by atoms with Gasteiger partial charge in [-0.3, -0.25) is 9.69 Å². The number of carbonyl (C=O) groups is 1. The van der Waals surface area contributed by atoms with E-state index in [1.165, 1.54) is 0 Å². The second-order valence-corrected chi connectivity index (χ2v) is 7.02. The Hall–Kier alpha value is -0.810. The first-order valence-corrected chi connectivity index (χ1v) is 7.46. The van der Waals surface area contributed by atoms with Crippen LogP contribution in [0.2, 0.25) is 10.0 Å². The van der Waals surface area contributed by atoms with Crippen LogP contribution in [0.25, 0.3) is 0 Å². The molecule has 0 aliphatic rings. The maximum Gasteiger partial charge on any atom is 0.234 e. The van der Waals surface area contributed by atoms with E-state index in [2.05, 4.69) is 5.32 Å². The summed E-state index contributed by atoms with van der Waals surface area (Å²) in [5, 5.41) is 14.0. The maximum atomic E-state index is 11.8. The molecule has 1 rings (SSSR count). The first-order valence-electron chi connectivity index (χ1n) is 6.71. The van der Waals surface area contributed by atoms with Crippen molar-refractivity contribution in [3.05, 3.63) is 33.8 Å². The van der Waals surface area contributed by atoms with Crippen molar-refractivity contribution in [2.75, 3.05) is 20.1 Å². The van der Waals surface area contributed by atoms with E-state index in [1.54, 1.807) is 30.1 Å². The van der Waals surface area contributed by atoms with Gasteiger partial charge in [-0.2, -0.15) is 0 Å². The Balaban J connectivity index is 2.58. The van der Waals surface area contributed by atoms with E-state index < -0.39 is 6.10 Å². The highest BCUT2D eigenvalue weighted by atomic mass is 35.5. The van der Waals surface area contributed by atoms with Gasteiger partial charge in [-0.05, 0) is 40.0 Å². The Bertz CT molecular complexity index is 501. The van der Waals surface area contributed by atoms with Gasteiger partial charge in [-0.15, -0.1) is 0 Å². The van der Waals surface area contributed by atoms with Gasteiger partial charge in [-0.1, -0.05) is 29.3 Å². The number of amides is 1. The van der Waals surface area contributed by atoms with Crippen LogP contribution < -0.4 is 5.32 Å². The Morgan fingerprint density at radius 2 is 2.00 bits per heavy atom. The molecular formula is C15H22Cl2N2O2. The van der Waals surface area contributed by atoms with Gasteiger partial charge in [0.05, 0.1) is 12.6 Å². The van der Waals surface area contributed by atoms with Gasteiger partial charge in [0.1, 0.15) is 0 Å². The fraction of sp³-hybridized carbons (Fsp3) is 0.533. The first kappa shape index (κ1) is 18.2. The van der Waals surface area contributed by atoms with Crippen molar-refractivity contribution in [1.82, 2.24) is 10.2 Å². The number of nitrogens with zero attached hydrogens (tertiary/aromatic N) is 1. The molecule has 0 fully saturated rings. The van der Waals surface area contributed by atoms with Crippen LogP contribution in [-0.4, -0.2) is 41.6 Å². The highest BCUT2D eigenvalue weighted by Crippen LogP contribution is 2.26. The molecule has 1 atom stereocenters. The minimum Gasteiger partial charge on any atom is -0.387 e. The molecule has 0 saturated heterocycles. The summed E-state index contributed by atoms with van der Waals surface area (Å²) in [5.74, 6) is -0.0839. The van der Waals surface area contributed by atoms with E-state index in [4.69, 9.17) is 23.2 Å². The molecule has 0 saturated carbocycles. The molecule has 0 aliphatic heterocycles. The van der Waals surface area contributed by atoms with Gasteiger partial charge in [0.2, 0.25) is 5.91 Å². The number of benzene rings is 1. The number of hydrogen-bond acceptors (Lipinski definition) is 3. The van der Waals surface area contributed by atoms with E-state index >= 15 is 0 Å². The summed E-state index contributed by atoms with van der Waals surface area (Å²) in [6.45, 7) is 6.28. The van der Waals surface area contributed by atoms with Gasteiger partial charge < -0.3 is 10.4 Å². The monoisotopic (exact) mass is 332 g/mol. The fourth-order valence-electron chi connectivity index (χ4n) is 1.93. The topological polar surface area (TPSA) is 52.6 Å². The van der Waals surface area contributed by atoms with Crippen molar-refractivity contribution in [1.29, 1.82) is 0 Å². The molecule has 21 heavy (non-hydrogen) atoms. The van der Waals surface area contributed by atoms with Crippen LogP contribution in [0.15, 0.2) is 18.2 Å². The normalized spacial score (nSPS) is 13.3. The molecule has 0 radical (unpaired) electrons. The van der Waals surface area contributed by atoms with Crippen molar-refractivity contribution in [2.45, 2.75) is 32.4 Å². The molecule has 0 spiro atoms. The van der Waals surface area contributed by atoms with Crippen LogP contribution in [-0.2, 0) is 4.79 Å². The van der Waals surface area contributed by atoms with E-state index in [1.807, 2.05) is 20.8 Å². The van der Waals surface area contributed by atoms with E-state index in [9.17, 15) is 9.90 Å². The third kappa shape index (κ3) is 6.66. The van der Waals surface area contributed by atoms with Crippen molar-refractivity contribution in [3.8, 4) is 0 Å². The fourth-order valence-corrected chi connectivity index (χ4v) is 2.47. The average molecular weight is 333 g/mol. The quantitative estimate of drug-likeness (QED) is 0.871. The number of hydrogen-bond donors (Lipinski definition) is 2. The lowest BCUT2D eigenvalue weighted by Crippen LogP contribution is -2.45. The average Bonchev–Trinajstić information content (AvgIpc) is 2.24. The number of rotatable bonds is 5. The van der Waals surface area contributed by atoms with Crippen molar-refractivity contribution in [2.24, 2.45) is 0 Å². The Kier molecular flexibility index (Phi) is 6.47. The molecule has 6 heteroatoms. The lowest BCUT2D eigenvalue weighted by atomic mass is 10.1. The summed E-state index contributed by atoms with van der Waals surface area (Å²) in [7, 11) is 1.77. The molecule has 0 bridgehead atoms. The highest BCUT2D eigenvalue weighted by Gasteiger charge is 2.18. The van der Waals surface area contributed by atoms with Crippen molar-refractivity contribution < 1.29 is 9.90 Å². The zero-order valence-corrected chi connectivity index (χ0v) is 14.3. The SMILES string of the molecule is CN(CC(=O)NC(C)(C)C)CC(O)c1ccc(Cl)cc1Cl. The van der Waals surface area contributed by atoms with Gasteiger partial charge >= 0.3 is 0 Å². The zero-order valence-electron chi connectivity index (χ0n) is 12.8. The maximum absolute atomic E-state index is 11.8. The number of aliphatic hydroxyl groups is 1. The van der Waals surface area contributed by atoms with E-state index in [0.29, 0.717) is 22.2 Å². The van der Waals surface area contributed by atoms with Crippen molar-refractivity contribution >= 4 is 29.1 Å². The summed E-state index contributed by atoms with van der Waals surface area (Å²) in [6.07, 6.45) is -0.776. The number of nitrogens with one attached hydrogen (secondary N) is 1. The van der Waals surface area contributed by atoms with Crippen LogP contribution >= 0.6 is 23.2 Å². The molecule has 118 valence electrons. The summed E-state index contributed by atoms with van der Waals surface area (Å²) in [6, 6.07) is 4.96. The highest BCUT2D eigenvalue weighted by molar-refractivity contribution is 6.35. The summed E-state index contributed by atoms with van der Waals surface area (Å²) < 4.78 is 0. The summed E-state index contributed by atoms with van der Waals surface area (Å²) in [4.78, 5) is 13.6. The molecule has 1 aromatic rings. The van der Waals surface area contributed by atoms with Crippen LogP contribution in [0, 0.1) is 0 Å². The molecule has 4 nitrogen and oxygen atoms in total. The third-order valence-corrected chi connectivity index (χ3v) is 3.30. The van der Waals surface area contributed by atoms with E-state index in [-0.39, 0.29) is 18.0 Å². The van der Waals surface area contributed by atoms with Gasteiger partial charge in [-0.25, -0.2) is 0 Å². The predicted molar refractivity (Wildman–Crippen MR) is 86.8 cm³/mol. The molecule has 0 aliphatic carbocycles. The lowest BCUT2D eigenvalue weighted by molar-refractivity contribution is -0.123. The standard InChI is InChI=1S/C15H22Cl2N2O2/c1-15(2,3)18-14(21)9-19(4)8-13(20)11-6-5-10(16)7-12(11)17/h5-7,13,20H,8-9H2,1-4H3,(H,18,21). The predicted octanol–water partition coefficient (Wildman–Crippen LogP) is 2.87. The second-order valence-electron chi connectivity index (χ2n) is 6.18. The molecule has 2 N–H and O–H groups in total. The Morgan fingerprint density at radius 3 is 2.52 bits per heavy atom. The molecule has 1 aromatic carbocycles. The van der Waals surface area contributed by atoms with Gasteiger partial charge in [0.15, 0.2) is 0 Å². The number of halogens is 2. The smallest absolute Gasteiger partial charge is 0.234 e. The second kappa shape index (κ2) is 7.45. The first-order chi connectivity index (χ1) is 9.58. The van der Waals surface area contributed by atoms with Crippen LogP contribution in [0.5, 0.6) is 0 Å². The Morgan fingerprint density at radius 1 is 1.38 bits per heavy atom. The number of likely N-dealkylation sites (N-methyl/N-ethyl adjacent to an activating group) is 1. The molecule has 1 amide bonds. The number of carbonyl (C=O) groups excluding carboxylic acids is 1. The minimum atomic E-state index is -0.776. The van der Waals surface area contributed by atoms with E-state index in [0.717, 1.165) is 0 Å². The van der Waals surface area contributed by atoms with Crippen LogP contribution in [0.3, 0.4) is 0 Å².